The molecule has 0 aromatic heterocycles. The average Bonchev–Trinajstić information content (AvgIpc) is 2.33. The summed E-state index contributed by atoms with van der Waals surface area (Å²) in [5, 5.41) is 18.0. The van der Waals surface area contributed by atoms with Gasteiger partial charge in [0.1, 0.15) is 11.4 Å². The zero-order valence-electron chi connectivity index (χ0n) is 13.1. The second-order valence-electron chi connectivity index (χ2n) is 5.38. The third-order valence-corrected chi connectivity index (χ3v) is 2.37. The summed E-state index contributed by atoms with van der Waals surface area (Å²) in [6, 6.07) is 6.08. The van der Waals surface area contributed by atoms with Gasteiger partial charge < -0.3 is 20.4 Å². The first kappa shape index (κ1) is 20.4. The number of benzene rings is 1. The molecular formula is C15H17N2NaO4. The van der Waals surface area contributed by atoms with E-state index in [9.17, 15) is 14.7 Å². The Labute approximate surface area is 151 Å². The maximum atomic E-state index is 11.8. The Morgan fingerprint density at radius 3 is 2.09 bits per heavy atom. The molecule has 0 aliphatic carbocycles. The van der Waals surface area contributed by atoms with Gasteiger partial charge in [0.25, 0.3) is 0 Å². The number of aliphatic carboxylic acids is 1. The van der Waals surface area contributed by atoms with Crippen LogP contribution in [-0.4, -0.2) is 23.4 Å². The molecule has 0 bridgehead atoms. The Kier molecular flexibility index (Phi) is 7.52. The summed E-state index contributed by atoms with van der Waals surface area (Å²) in [5.74, 6) is -2.59. The SMILES string of the molecule is CC(C)(C)OC(=O)c1ccc(C=C(C(=N)N)C(=O)[O-])cc1.[Na+]. The van der Waals surface area contributed by atoms with Crippen molar-refractivity contribution in [1.82, 2.24) is 0 Å². The number of hydrogen-bond acceptors (Lipinski definition) is 5. The van der Waals surface area contributed by atoms with Crippen LogP contribution in [-0.2, 0) is 9.53 Å². The van der Waals surface area contributed by atoms with E-state index in [-0.39, 0.29) is 29.6 Å². The first-order valence-corrected chi connectivity index (χ1v) is 6.21. The Balaban J connectivity index is 0.00000441. The van der Waals surface area contributed by atoms with Crippen LogP contribution in [0.3, 0.4) is 0 Å². The molecule has 1 aromatic carbocycles. The van der Waals surface area contributed by atoms with E-state index in [1.165, 1.54) is 30.3 Å². The van der Waals surface area contributed by atoms with Gasteiger partial charge in [-0.2, -0.15) is 0 Å². The first-order chi connectivity index (χ1) is 9.60. The molecule has 0 aliphatic heterocycles. The standard InChI is InChI=1S/C15H18N2O4.Na/c1-15(2,3)21-14(20)10-6-4-9(5-7-10)8-11(12(16)17)13(18)19;/h4-8H,1-3H3,(H3,16,17)(H,18,19);/q;+1/p-1. The van der Waals surface area contributed by atoms with E-state index in [1.807, 2.05) is 0 Å². The van der Waals surface area contributed by atoms with E-state index < -0.39 is 28.9 Å². The summed E-state index contributed by atoms with van der Waals surface area (Å²) in [6.45, 7) is 5.29. The van der Waals surface area contributed by atoms with E-state index in [2.05, 4.69) is 0 Å². The van der Waals surface area contributed by atoms with Crippen LogP contribution in [0.15, 0.2) is 29.8 Å². The van der Waals surface area contributed by atoms with Crippen molar-refractivity contribution in [3.05, 3.63) is 41.0 Å². The topological polar surface area (TPSA) is 116 Å². The van der Waals surface area contributed by atoms with Gasteiger partial charge in [-0.3, -0.25) is 5.41 Å². The predicted molar refractivity (Wildman–Crippen MR) is 76.5 cm³/mol. The minimum Gasteiger partial charge on any atom is -0.545 e. The van der Waals surface area contributed by atoms with Crippen molar-refractivity contribution in [2.45, 2.75) is 26.4 Å². The molecule has 0 aliphatic rings. The Morgan fingerprint density at radius 1 is 1.23 bits per heavy atom. The molecule has 1 rings (SSSR count). The van der Waals surface area contributed by atoms with E-state index in [1.54, 1.807) is 20.8 Å². The van der Waals surface area contributed by atoms with Gasteiger partial charge in [0.2, 0.25) is 0 Å². The number of ether oxygens (including phenoxy) is 1. The van der Waals surface area contributed by atoms with Crippen LogP contribution in [0.1, 0.15) is 36.7 Å². The Bertz CT molecular complexity index is 585. The number of rotatable bonds is 4. The second-order valence-corrected chi connectivity index (χ2v) is 5.38. The summed E-state index contributed by atoms with van der Waals surface area (Å²) in [7, 11) is 0. The van der Waals surface area contributed by atoms with Gasteiger partial charge in [-0.1, -0.05) is 12.1 Å². The van der Waals surface area contributed by atoms with Gasteiger partial charge >= 0.3 is 35.5 Å². The van der Waals surface area contributed by atoms with Crippen LogP contribution < -0.4 is 40.4 Å². The molecule has 112 valence electrons. The van der Waals surface area contributed by atoms with Crippen LogP contribution in [0.2, 0.25) is 0 Å². The number of nitrogens with two attached hydrogens (primary N) is 1. The fraction of sp³-hybridized carbons (Fsp3) is 0.267. The van der Waals surface area contributed by atoms with Gasteiger partial charge in [-0.15, -0.1) is 0 Å². The fourth-order valence-electron chi connectivity index (χ4n) is 1.47. The smallest absolute Gasteiger partial charge is 0.545 e. The molecule has 22 heavy (non-hydrogen) atoms. The molecule has 0 atom stereocenters. The number of esters is 1. The maximum absolute atomic E-state index is 11.8. The molecule has 0 spiro atoms. The molecule has 0 radical (unpaired) electrons. The maximum Gasteiger partial charge on any atom is 1.00 e. The molecule has 0 fully saturated rings. The predicted octanol–water partition coefficient (Wildman–Crippen LogP) is -2.28. The molecule has 7 heteroatoms. The number of carboxylic acids is 1. The molecule has 0 saturated heterocycles. The van der Waals surface area contributed by atoms with Crippen LogP contribution in [0.25, 0.3) is 6.08 Å². The molecule has 3 N–H and O–H groups in total. The Morgan fingerprint density at radius 2 is 1.73 bits per heavy atom. The van der Waals surface area contributed by atoms with Gasteiger partial charge in [-0.25, -0.2) is 4.79 Å². The number of carboxylic acid groups (broad SMARTS) is 1. The third kappa shape index (κ3) is 6.43. The normalized spacial score (nSPS) is 11.3. The number of carbonyl (C=O) groups excluding carboxylic acids is 2. The molecule has 1 aromatic rings. The van der Waals surface area contributed by atoms with Gasteiger partial charge in [0.15, 0.2) is 0 Å². The molecule has 0 amide bonds. The van der Waals surface area contributed by atoms with Crippen molar-refractivity contribution in [2.75, 3.05) is 0 Å². The van der Waals surface area contributed by atoms with E-state index in [4.69, 9.17) is 15.9 Å². The number of nitrogens with one attached hydrogen (secondary N) is 1. The average molecular weight is 312 g/mol. The van der Waals surface area contributed by atoms with Crippen molar-refractivity contribution in [3.8, 4) is 0 Å². The van der Waals surface area contributed by atoms with Crippen LogP contribution in [0.5, 0.6) is 0 Å². The third-order valence-electron chi connectivity index (χ3n) is 2.37. The van der Waals surface area contributed by atoms with Gasteiger partial charge in [-0.05, 0) is 44.5 Å². The van der Waals surface area contributed by atoms with Gasteiger partial charge in [0.05, 0.1) is 11.5 Å². The molecular weight excluding hydrogens is 295 g/mol. The molecule has 6 nitrogen and oxygen atoms in total. The largest absolute Gasteiger partial charge is 1.00 e. The minimum absolute atomic E-state index is 0. The second kappa shape index (κ2) is 8.12. The molecule has 0 unspecified atom stereocenters. The van der Waals surface area contributed by atoms with Crippen LogP contribution >= 0.6 is 0 Å². The van der Waals surface area contributed by atoms with Crippen molar-refractivity contribution < 1.29 is 49.0 Å². The van der Waals surface area contributed by atoms with E-state index in [0.717, 1.165) is 0 Å². The number of amidine groups is 1. The number of carbonyl (C=O) groups is 2. The van der Waals surface area contributed by atoms with Crippen LogP contribution in [0.4, 0.5) is 0 Å². The summed E-state index contributed by atoms with van der Waals surface area (Å²) < 4.78 is 5.21. The zero-order valence-corrected chi connectivity index (χ0v) is 15.1. The van der Waals surface area contributed by atoms with Crippen molar-refractivity contribution >= 4 is 23.9 Å². The first-order valence-electron chi connectivity index (χ1n) is 6.21. The molecule has 0 saturated carbocycles. The minimum atomic E-state index is -1.53. The van der Waals surface area contributed by atoms with E-state index in [0.29, 0.717) is 11.1 Å². The van der Waals surface area contributed by atoms with Crippen molar-refractivity contribution in [1.29, 1.82) is 5.41 Å². The van der Waals surface area contributed by atoms with Crippen molar-refractivity contribution in [3.63, 3.8) is 0 Å². The summed E-state index contributed by atoms with van der Waals surface area (Å²) in [5.41, 5.74) is 4.98. The number of hydrogen-bond donors (Lipinski definition) is 2. The fourth-order valence-corrected chi connectivity index (χ4v) is 1.47. The zero-order chi connectivity index (χ0) is 16.2. The quantitative estimate of drug-likeness (QED) is 0.213. The molecule has 0 heterocycles. The summed E-state index contributed by atoms with van der Waals surface area (Å²) in [6.07, 6.45) is 1.20. The van der Waals surface area contributed by atoms with E-state index >= 15 is 0 Å². The monoisotopic (exact) mass is 312 g/mol. The van der Waals surface area contributed by atoms with Crippen LogP contribution in [0, 0.1) is 5.41 Å². The Hall–Kier alpha value is -1.63. The van der Waals surface area contributed by atoms with Crippen molar-refractivity contribution in [2.24, 2.45) is 5.73 Å². The summed E-state index contributed by atoms with van der Waals surface area (Å²) >= 11 is 0. The summed E-state index contributed by atoms with van der Waals surface area (Å²) in [4.78, 5) is 22.6. The van der Waals surface area contributed by atoms with Gasteiger partial charge in [0, 0.05) is 5.57 Å².